The highest BCUT2D eigenvalue weighted by Gasteiger charge is 2.37. The SMILES string of the molecule is CNCc1ccc(OC(F)(F)F)cc1.Cc1cc(Cl)cc(C=O)c1NC(=O)c1cc(Cn2nnc(C(F)(F)F)n2)nn1-c1ncccc1Cl. The molecular weight excluding hydrogens is 707 g/mol. The van der Waals surface area contributed by atoms with E-state index in [0.717, 1.165) is 10.2 Å². The maximum Gasteiger partial charge on any atom is 0.573 e. The number of rotatable bonds is 9. The Labute approximate surface area is 283 Å². The van der Waals surface area contributed by atoms with Crippen molar-refractivity contribution < 1.29 is 40.7 Å². The standard InChI is InChI=1S/C20H13Cl2F3N8O2.C9H10F3NO/c1-10-5-12(21)6-11(9-34)16(10)27-18(35)15-7-13(8-32-30-19(28-31-32)20(23,24)25)29-33(15)17-14(22)3-2-4-26-17;1-13-6-7-2-4-8(5-3-7)14-9(10,11)12/h2-7,9H,8H2,1H3,(H,27,35);2-5,13H,6H2,1H3. The lowest BCUT2D eigenvalue weighted by molar-refractivity contribution is -0.274. The summed E-state index contributed by atoms with van der Waals surface area (Å²) in [5.41, 5.74) is 1.86. The van der Waals surface area contributed by atoms with E-state index in [1.54, 1.807) is 38.2 Å². The summed E-state index contributed by atoms with van der Waals surface area (Å²) in [5, 5.41) is 19.9. The van der Waals surface area contributed by atoms with Crippen LogP contribution in [0, 0.1) is 6.92 Å². The van der Waals surface area contributed by atoms with Gasteiger partial charge in [-0.3, -0.25) is 9.59 Å². The predicted molar refractivity (Wildman–Crippen MR) is 164 cm³/mol. The van der Waals surface area contributed by atoms with Crippen LogP contribution in [0.15, 0.2) is 60.8 Å². The monoisotopic (exact) mass is 729 g/mol. The third kappa shape index (κ3) is 9.97. The molecule has 2 aromatic carbocycles. The van der Waals surface area contributed by atoms with Crippen LogP contribution in [0.2, 0.25) is 10.0 Å². The predicted octanol–water partition coefficient (Wildman–Crippen LogP) is 6.31. The number of alkyl halides is 6. The van der Waals surface area contributed by atoms with Crippen LogP contribution in [0.25, 0.3) is 5.82 Å². The topological polar surface area (TPSA) is 142 Å². The Bertz CT molecular complexity index is 1930. The van der Waals surface area contributed by atoms with Gasteiger partial charge in [0.1, 0.15) is 18.0 Å². The van der Waals surface area contributed by atoms with Crippen LogP contribution in [-0.2, 0) is 19.3 Å². The number of halogens is 8. The molecular formula is C29H23Cl2F6N9O3. The number of carbonyl (C=O) groups is 2. The normalized spacial score (nSPS) is 11.5. The number of tetrazole rings is 1. The molecule has 0 aliphatic heterocycles. The Morgan fingerprint density at radius 3 is 2.33 bits per heavy atom. The molecule has 12 nitrogen and oxygen atoms in total. The second kappa shape index (κ2) is 15.4. The Hall–Kier alpha value is -5.07. The number of aromatic nitrogens is 7. The van der Waals surface area contributed by atoms with Crippen molar-refractivity contribution in [2.45, 2.75) is 32.6 Å². The molecule has 0 unspecified atom stereocenters. The molecule has 0 atom stereocenters. The van der Waals surface area contributed by atoms with E-state index in [-0.39, 0.29) is 45.8 Å². The number of nitrogens with one attached hydrogen (secondary N) is 2. The number of hydrogen-bond acceptors (Lipinski definition) is 9. The smallest absolute Gasteiger partial charge is 0.406 e. The third-order valence-corrected chi connectivity index (χ3v) is 6.69. The zero-order chi connectivity index (χ0) is 35.9. The highest BCUT2D eigenvalue weighted by atomic mass is 35.5. The van der Waals surface area contributed by atoms with Crippen LogP contribution in [-0.4, -0.2) is 60.6 Å². The summed E-state index contributed by atoms with van der Waals surface area (Å²) in [6, 6.07) is 13.1. The van der Waals surface area contributed by atoms with Gasteiger partial charge in [0.25, 0.3) is 11.7 Å². The van der Waals surface area contributed by atoms with Gasteiger partial charge in [-0.15, -0.1) is 23.4 Å². The van der Waals surface area contributed by atoms with Gasteiger partial charge in [-0.2, -0.15) is 23.1 Å². The van der Waals surface area contributed by atoms with Gasteiger partial charge in [0.2, 0.25) is 0 Å². The molecule has 49 heavy (non-hydrogen) atoms. The lowest BCUT2D eigenvalue weighted by Gasteiger charge is -2.12. The first kappa shape index (κ1) is 36.8. The van der Waals surface area contributed by atoms with Crippen molar-refractivity contribution in [2.75, 3.05) is 12.4 Å². The van der Waals surface area contributed by atoms with Gasteiger partial charge in [-0.25, -0.2) is 9.67 Å². The zero-order valence-electron chi connectivity index (χ0n) is 25.1. The molecule has 5 aromatic rings. The minimum absolute atomic E-state index is 0.0667. The van der Waals surface area contributed by atoms with Crippen molar-refractivity contribution in [3.63, 3.8) is 0 Å². The van der Waals surface area contributed by atoms with E-state index >= 15 is 0 Å². The summed E-state index contributed by atoms with van der Waals surface area (Å²) in [6.45, 7) is 1.94. The van der Waals surface area contributed by atoms with Gasteiger partial charge in [0.15, 0.2) is 12.1 Å². The summed E-state index contributed by atoms with van der Waals surface area (Å²) < 4.78 is 78.5. The molecule has 2 N–H and O–H groups in total. The second-order valence-electron chi connectivity index (χ2n) is 9.86. The quantitative estimate of drug-likeness (QED) is 0.132. The number of hydrogen-bond donors (Lipinski definition) is 2. The Morgan fingerprint density at radius 1 is 1.02 bits per heavy atom. The van der Waals surface area contributed by atoms with Crippen LogP contribution >= 0.6 is 23.2 Å². The van der Waals surface area contributed by atoms with Crippen molar-refractivity contribution >= 4 is 41.1 Å². The van der Waals surface area contributed by atoms with Gasteiger partial charge in [-0.1, -0.05) is 35.3 Å². The minimum Gasteiger partial charge on any atom is -0.406 e. The fourth-order valence-corrected chi connectivity index (χ4v) is 4.64. The Morgan fingerprint density at radius 2 is 1.73 bits per heavy atom. The van der Waals surface area contributed by atoms with Gasteiger partial charge in [0.05, 0.1) is 16.4 Å². The van der Waals surface area contributed by atoms with Gasteiger partial charge in [0, 0.05) is 23.3 Å². The summed E-state index contributed by atoms with van der Waals surface area (Å²) in [7, 11) is 1.76. The number of pyridine rings is 1. The van der Waals surface area contributed by atoms with E-state index in [9.17, 15) is 35.9 Å². The van der Waals surface area contributed by atoms with Crippen molar-refractivity contribution in [3.8, 4) is 11.6 Å². The van der Waals surface area contributed by atoms with Crippen molar-refractivity contribution in [2.24, 2.45) is 0 Å². The third-order valence-electron chi connectivity index (χ3n) is 6.18. The van der Waals surface area contributed by atoms with E-state index < -0.39 is 24.3 Å². The van der Waals surface area contributed by atoms with Gasteiger partial charge >= 0.3 is 12.5 Å². The molecule has 1 amide bonds. The van der Waals surface area contributed by atoms with E-state index in [1.807, 2.05) is 0 Å². The Kier molecular flexibility index (Phi) is 11.6. The lowest BCUT2D eigenvalue weighted by Crippen LogP contribution is -2.19. The van der Waals surface area contributed by atoms with Gasteiger partial charge < -0.3 is 15.4 Å². The average molecular weight is 730 g/mol. The number of carbonyl (C=O) groups excluding carboxylic acids is 2. The minimum atomic E-state index is -4.77. The van der Waals surface area contributed by atoms with Gasteiger partial charge in [-0.05, 0) is 72.8 Å². The molecule has 0 aliphatic rings. The highest BCUT2D eigenvalue weighted by Crippen LogP contribution is 2.27. The largest absolute Gasteiger partial charge is 0.573 e. The molecule has 0 aliphatic carbocycles. The number of nitrogens with zero attached hydrogens (tertiary/aromatic N) is 7. The molecule has 3 heterocycles. The van der Waals surface area contributed by atoms with Crippen LogP contribution < -0.4 is 15.4 Å². The molecule has 258 valence electrons. The maximum atomic E-state index is 13.2. The fourth-order valence-electron chi connectivity index (χ4n) is 4.16. The first-order chi connectivity index (χ1) is 23.1. The molecule has 0 bridgehead atoms. The molecule has 0 fully saturated rings. The molecule has 20 heteroatoms. The number of aryl methyl sites for hydroxylation is 1. The van der Waals surface area contributed by atoms with Crippen molar-refractivity contribution in [1.29, 1.82) is 0 Å². The zero-order valence-corrected chi connectivity index (χ0v) is 26.7. The molecule has 0 saturated heterocycles. The van der Waals surface area contributed by atoms with Crippen LogP contribution in [0.5, 0.6) is 5.75 Å². The van der Waals surface area contributed by atoms with Crippen molar-refractivity contribution in [1.82, 2.24) is 40.3 Å². The first-order valence-electron chi connectivity index (χ1n) is 13.7. The van der Waals surface area contributed by atoms with Crippen LogP contribution in [0.4, 0.5) is 32.0 Å². The van der Waals surface area contributed by atoms with Crippen LogP contribution in [0.3, 0.4) is 0 Å². The van der Waals surface area contributed by atoms with Crippen LogP contribution in [0.1, 0.15) is 43.5 Å². The Balaban J connectivity index is 0.000000324. The molecule has 0 spiro atoms. The maximum absolute atomic E-state index is 13.2. The highest BCUT2D eigenvalue weighted by molar-refractivity contribution is 6.32. The summed E-state index contributed by atoms with van der Waals surface area (Å²) in [5.74, 6) is -2.21. The van der Waals surface area contributed by atoms with E-state index in [0.29, 0.717) is 28.2 Å². The van der Waals surface area contributed by atoms with E-state index in [2.05, 4.69) is 40.9 Å². The second-order valence-corrected chi connectivity index (χ2v) is 10.7. The number of anilines is 1. The number of benzene rings is 2. The average Bonchev–Trinajstić information content (AvgIpc) is 3.67. The number of amides is 1. The van der Waals surface area contributed by atoms with E-state index in [4.69, 9.17) is 23.2 Å². The first-order valence-corrected chi connectivity index (χ1v) is 14.4. The molecule has 5 rings (SSSR count). The molecule has 0 radical (unpaired) electrons. The molecule has 3 aromatic heterocycles. The van der Waals surface area contributed by atoms with E-state index in [1.165, 1.54) is 36.5 Å². The van der Waals surface area contributed by atoms with Crippen molar-refractivity contribution in [3.05, 3.63) is 105 Å². The summed E-state index contributed by atoms with van der Waals surface area (Å²) in [4.78, 5) is 29.6. The lowest BCUT2D eigenvalue weighted by atomic mass is 10.1. The number of aldehydes is 1. The molecule has 0 saturated carbocycles. The summed E-state index contributed by atoms with van der Waals surface area (Å²) in [6.07, 6.45) is -7.42. The number of ether oxygens (including phenoxy) is 1. The fraction of sp³-hybridized carbons (Fsp3) is 0.207. The summed E-state index contributed by atoms with van der Waals surface area (Å²) >= 11 is 12.2.